The molecule has 0 bridgehead atoms. The SMILES string of the molecule is CCOC(C[N+](C)(C)CCCCCCCCCN1CCC(OC(=O)Nc2ccccc2-c2ccccc2)CC1)OCC. The van der Waals surface area contributed by atoms with Crippen LogP contribution in [-0.2, 0) is 14.2 Å². The smallest absolute Gasteiger partial charge is 0.411 e. The highest BCUT2D eigenvalue weighted by molar-refractivity contribution is 5.91. The lowest BCUT2D eigenvalue weighted by Crippen LogP contribution is -2.47. The fraction of sp³-hybridized carbons (Fsp3) is 0.629. The third-order valence-electron chi connectivity index (χ3n) is 8.14. The lowest BCUT2D eigenvalue weighted by atomic mass is 10.0. The van der Waals surface area contributed by atoms with E-state index in [-0.39, 0.29) is 18.5 Å². The third kappa shape index (κ3) is 12.8. The minimum atomic E-state index is -0.362. The summed E-state index contributed by atoms with van der Waals surface area (Å²) in [6.45, 7) is 10.7. The van der Waals surface area contributed by atoms with Gasteiger partial charge >= 0.3 is 6.09 Å². The molecule has 1 N–H and O–H groups in total. The summed E-state index contributed by atoms with van der Waals surface area (Å²) in [5.74, 6) is 0. The first-order chi connectivity index (χ1) is 20.4. The summed E-state index contributed by atoms with van der Waals surface area (Å²) in [6, 6.07) is 18.0. The molecule has 0 saturated carbocycles. The van der Waals surface area contributed by atoms with E-state index >= 15 is 0 Å². The van der Waals surface area contributed by atoms with E-state index in [0.717, 1.165) is 60.3 Å². The normalized spacial score (nSPS) is 14.8. The molecular weight excluding hydrogens is 526 g/mol. The molecule has 1 heterocycles. The van der Waals surface area contributed by atoms with E-state index in [1.807, 2.05) is 68.4 Å². The fourth-order valence-corrected chi connectivity index (χ4v) is 5.78. The zero-order valence-corrected chi connectivity index (χ0v) is 26.7. The van der Waals surface area contributed by atoms with Crippen LogP contribution in [0.15, 0.2) is 54.6 Å². The first kappa shape index (κ1) is 34.0. The van der Waals surface area contributed by atoms with Gasteiger partial charge in [-0.25, -0.2) is 4.79 Å². The number of quaternary nitrogens is 1. The maximum absolute atomic E-state index is 12.7. The van der Waals surface area contributed by atoms with Crippen LogP contribution >= 0.6 is 0 Å². The van der Waals surface area contributed by atoms with Gasteiger partial charge in [0.1, 0.15) is 12.6 Å². The molecule has 1 fully saturated rings. The zero-order chi connectivity index (χ0) is 30.0. The second kappa shape index (κ2) is 19.0. The Hall–Kier alpha value is -2.45. The van der Waals surface area contributed by atoms with Crippen molar-refractivity contribution in [2.45, 2.75) is 84.0 Å². The molecular formula is C35H56N3O4+. The highest BCUT2D eigenvalue weighted by Gasteiger charge is 2.23. The summed E-state index contributed by atoms with van der Waals surface area (Å²) in [5.41, 5.74) is 2.85. The van der Waals surface area contributed by atoms with E-state index in [0.29, 0.717) is 13.2 Å². The second-order valence-electron chi connectivity index (χ2n) is 12.1. The van der Waals surface area contributed by atoms with Gasteiger partial charge in [0, 0.05) is 31.9 Å². The van der Waals surface area contributed by atoms with Crippen molar-refractivity contribution in [3.63, 3.8) is 0 Å². The number of hydrogen-bond donors (Lipinski definition) is 1. The highest BCUT2D eigenvalue weighted by atomic mass is 16.7. The molecule has 7 nitrogen and oxygen atoms in total. The van der Waals surface area contributed by atoms with Crippen molar-refractivity contribution >= 4 is 11.8 Å². The molecule has 0 radical (unpaired) electrons. The van der Waals surface area contributed by atoms with Crippen molar-refractivity contribution in [3.05, 3.63) is 54.6 Å². The number of amides is 1. The Bertz CT molecular complexity index is 1000. The number of carbonyl (C=O) groups is 1. The van der Waals surface area contributed by atoms with Crippen molar-refractivity contribution in [2.24, 2.45) is 0 Å². The molecule has 0 aliphatic carbocycles. The van der Waals surface area contributed by atoms with Gasteiger partial charge in [-0.1, -0.05) is 74.2 Å². The Balaban J connectivity index is 1.21. The molecule has 0 unspecified atom stereocenters. The molecule has 234 valence electrons. The average Bonchev–Trinajstić information content (AvgIpc) is 2.98. The van der Waals surface area contributed by atoms with Crippen molar-refractivity contribution in [1.29, 1.82) is 0 Å². The Morgan fingerprint density at radius 1 is 0.857 bits per heavy atom. The summed E-state index contributed by atoms with van der Waals surface area (Å²) < 4.78 is 18.2. The summed E-state index contributed by atoms with van der Waals surface area (Å²) >= 11 is 0. The number of benzene rings is 2. The van der Waals surface area contributed by atoms with Gasteiger partial charge in [-0.2, -0.15) is 0 Å². The Morgan fingerprint density at radius 2 is 1.45 bits per heavy atom. The molecule has 2 aromatic carbocycles. The largest absolute Gasteiger partial charge is 0.446 e. The van der Waals surface area contributed by atoms with Crippen LogP contribution in [0.1, 0.15) is 71.6 Å². The number of piperidine rings is 1. The predicted molar refractivity (Wildman–Crippen MR) is 173 cm³/mol. The molecule has 0 atom stereocenters. The minimum absolute atomic E-state index is 0.0158. The first-order valence-electron chi connectivity index (χ1n) is 16.3. The lowest BCUT2D eigenvalue weighted by Gasteiger charge is -2.33. The van der Waals surface area contributed by atoms with E-state index < -0.39 is 0 Å². The van der Waals surface area contributed by atoms with E-state index in [9.17, 15) is 4.79 Å². The van der Waals surface area contributed by atoms with Crippen LogP contribution in [0.3, 0.4) is 0 Å². The third-order valence-corrected chi connectivity index (χ3v) is 8.14. The molecule has 0 aromatic heterocycles. The van der Waals surface area contributed by atoms with Crippen molar-refractivity contribution in [3.8, 4) is 11.1 Å². The van der Waals surface area contributed by atoms with Crippen LogP contribution in [0.2, 0.25) is 0 Å². The van der Waals surface area contributed by atoms with Gasteiger partial charge < -0.3 is 23.6 Å². The number of likely N-dealkylation sites (tertiary alicyclic amines) is 1. The number of likely N-dealkylation sites (N-methyl/N-ethyl adjacent to an activating group) is 1. The Labute approximate surface area is 255 Å². The van der Waals surface area contributed by atoms with Crippen LogP contribution in [-0.4, -0.2) is 87.9 Å². The molecule has 1 aliphatic rings. The summed E-state index contributed by atoms with van der Waals surface area (Å²) in [5, 5.41) is 2.97. The number of hydrogen-bond acceptors (Lipinski definition) is 5. The highest BCUT2D eigenvalue weighted by Crippen LogP contribution is 2.28. The molecule has 42 heavy (non-hydrogen) atoms. The first-order valence-corrected chi connectivity index (χ1v) is 16.3. The van der Waals surface area contributed by atoms with Crippen LogP contribution in [0.4, 0.5) is 10.5 Å². The Morgan fingerprint density at radius 3 is 2.12 bits per heavy atom. The maximum Gasteiger partial charge on any atom is 0.411 e. The number of para-hydroxylation sites is 1. The average molecular weight is 583 g/mol. The topological polar surface area (TPSA) is 60.0 Å². The van der Waals surface area contributed by atoms with Crippen LogP contribution in [0.5, 0.6) is 0 Å². The second-order valence-corrected chi connectivity index (χ2v) is 12.1. The van der Waals surface area contributed by atoms with Crippen molar-refractivity contribution in [2.75, 3.05) is 65.3 Å². The van der Waals surface area contributed by atoms with Gasteiger partial charge in [-0.05, 0) is 64.1 Å². The quantitative estimate of drug-likeness (QED) is 0.105. The fourth-order valence-electron chi connectivity index (χ4n) is 5.78. The van der Waals surface area contributed by atoms with Gasteiger partial charge in [0.15, 0.2) is 0 Å². The summed E-state index contributed by atoms with van der Waals surface area (Å²) in [4.78, 5) is 15.2. The van der Waals surface area contributed by atoms with Gasteiger partial charge in [-0.3, -0.25) is 5.32 Å². The number of carbonyl (C=O) groups excluding carboxylic acids is 1. The van der Waals surface area contributed by atoms with Crippen LogP contribution in [0.25, 0.3) is 11.1 Å². The van der Waals surface area contributed by atoms with E-state index in [2.05, 4.69) is 24.3 Å². The number of anilines is 1. The molecule has 7 heteroatoms. The van der Waals surface area contributed by atoms with E-state index in [1.54, 1.807) is 0 Å². The number of nitrogens with one attached hydrogen (secondary N) is 1. The van der Waals surface area contributed by atoms with Gasteiger partial charge in [0.05, 0.1) is 26.3 Å². The number of rotatable bonds is 19. The molecule has 1 aliphatic heterocycles. The minimum Gasteiger partial charge on any atom is -0.446 e. The molecule has 0 spiro atoms. The van der Waals surface area contributed by atoms with Gasteiger partial charge in [0.25, 0.3) is 0 Å². The standard InChI is InChI=1S/C35H55N3O4/c1-5-40-34(41-6-2)29-38(3,4)28-18-11-9-7-8-10-17-25-37-26-23-31(24-27-37)42-35(39)36-33-22-16-15-21-32(33)30-19-13-12-14-20-30/h12-16,19-22,31,34H,5-11,17-18,23-29H2,1-4H3/p+1. The van der Waals surface area contributed by atoms with Gasteiger partial charge in [-0.15, -0.1) is 0 Å². The number of unbranched alkanes of at least 4 members (excludes halogenated alkanes) is 6. The van der Waals surface area contributed by atoms with E-state index in [1.165, 1.54) is 51.5 Å². The number of ether oxygens (including phenoxy) is 3. The van der Waals surface area contributed by atoms with Crippen LogP contribution < -0.4 is 5.32 Å². The van der Waals surface area contributed by atoms with Crippen molar-refractivity contribution < 1.29 is 23.5 Å². The molecule has 3 rings (SSSR count). The zero-order valence-electron chi connectivity index (χ0n) is 26.7. The lowest BCUT2D eigenvalue weighted by molar-refractivity contribution is -0.896. The number of nitrogens with zero attached hydrogens (tertiary/aromatic N) is 2. The van der Waals surface area contributed by atoms with Gasteiger partial charge in [0.2, 0.25) is 6.29 Å². The Kier molecular flexibility index (Phi) is 15.4. The molecule has 1 amide bonds. The van der Waals surface area contributed by atoms with E-state index in [4.69, 9.17) is 14.2 Å². The molecule has 2 aromatic rings. The monoisotopic (exact) mass is 582 g/mol. The molecule has 1 saturated heterocycles. The maximum atomic E-state index is 12.7. The predicted octanol–water partition coefficient (Wildman–Crippen LogP) is 7.57. The van der Waals surface area contributed by atoms with Crippen molar-refractivity contribution in [1.82, 2.24) is 4.90 Å². The summed E-state index contributed by atoms with van der Waals surface area (Å²) in [6.07, 6.45) is 10.4. The summed E-state index contributed by atoms with van der Waals surface area (Å²) in [7, 11) is 4.56. The van der Waals surface area contributed by atoms with Crippen LogP contribution in [0, 0.1) is 0 Å².